The molecule has 48 heavy (non-hydrogen) atoms. The zero-order valence-electron chi connectivity index (χ0n) is 30.0. The number of carbonyl (C=O) groups excluding carboxylic acids is 2. The van der Waals surface area contributed by atoms with E-state index in [9.17, 15) is 9.59 Å². The van der Waals surface area contributed by atoms with Crippen molar-refractivity contribution >= 4 is 17.9 Å². The van der Waals surface area contributed by atoms with Gasteiger partial charge in [0.15, 0.2) is 0 Å². The Bertz CT molecular complexity index is 1640. The Morgan fingerprint density at radius 1 is 0.938 bits per heavy atom. The number of ether oxygens (including phenoxy) is 4. The SMILES string of the molecule is CO[C@H]1CN(c2cccc(-c3cc(C)ccc3OCc3cc(C)c4c(c3)CCN(C(=O)OC(C)(C)C)C4)n2)CC[C@H]1C(=O)OC(C)(C)C. The summed E-state index contributed by atoms with van der Waals surface area (Å²) in [5.74, 6) is 1.06. The summed E-state index contributed by atoms with van der Waals surface area (Å²) in [4.78, 5) is 34.6. The summed E-state index contributed by atoms with van der Waals surface area (Å²) < 4.78 is 23.6. The molecule has 0 saturated carbocycles. The highest BCUT2D eigenvalue weighted by atomic mass is 16.6. The lowest BCUT2D eigenvalue weighted by molar-refractivity contribution is -0.165. The number of esters is 1. The largest absolute Gasteiger partial charge is 0.488 e. The number of fused-ring (bicyclic) bond motifs is 1. The maximum atomic E-state index is 12.9. The first-order chi connectivity index (χ1) is 22.6. The number of piperidine rings is 1. The Morgan fingerprint density at radius 2 is 1.69 bits per heavy atom. The number of methoxy groups -OCH3 is 1. The number of amides is 1. The first-order valence-electron chi connectivity index (χ1n) is 16.9. The fraction of sp³-hybridized carbons (Fsp3) is 0.513. The van der Waals surface area contributed by atoms with Crippen LogP contribution >= 0.6 is 0 Å². The van der Waals surface area contributed by atoms with Crippen LogP contribution in [0.2, 0.25) is 0 Å². The van der Waals surface area contributed by atoms with Crippen LogP contribution in [0.25, 0.3) is 11.3 Å². The van der Waals surface area contributed by atoms with Crippen molar-refractivity contribution in [3.05, 3.63) is 76.3 Å². The Kier molecular flexibility index (Phi) is 10.4. The molecule has 2 aliphatic rings. The molecule has 9 heteroatoms. The highest BCUT2D eigenvalue weighted by molar-refractivity contribution is 5.74. The van der Waals surface area contributed by atoms with Gasteiger partial charge in [-0.2, -0.15) is 0 Å². The summed E-state index contributed by atoms with van der Waals surface area (Å²) in [6, 6.07) is 16.5. The molecule has 3 heterocycles. The molecule has 9 nitrogen and oxygen atoms in total. The molecule has 5 rings (SSSR count). The van der Waals surface area contributed by atoms with Crippen molar-refractivity contribution in [2.45, 2.75) is 98.7 Å². The van der Waals surface area contributed by atoms with Crippen LogP contribution in [0.4, 0.5) is 10.6 Å². The second-order valence-corrected chi connectivity index (χ2v) is 15.0. The predicted molar refractivity (Wildman–Crippen MR) is 187 cm³/mol. The molecule has 2 aliphatic heterocycles. The smallest absolute Gasteiger partial charge is 0.410 e. The number of anilines is 1. The minimum absolute atomic E-state index is 0.214. The molecule has 0 bridgehead atoms. The first-order valence-corrected chi connectivity index (χ1v) is 16.9. The van der Waals surface area contributed by atoms with Crippen molar-refractivity contribution in [1.29, 1.82) is 0 Å². The van der Waals surface area contributed by atoms with Crippen LogP contribution in [0.3, 0.4) is 0 Å². The molecule has 3 aromatic rings. The van der Waals surface area contributed by atoms with Gasteiger partial charge in [-0.1, -0.05) is 29.8 Å². The normalized spacial score (nSPS) is 18.3. The van der Waals surface area contributed by atoms with Crippen LogP contribution in [-0.2, 0) is 38.6 Å². The molecule has 1 saturated heterocycles. The van der Waals surface area contributed by atoms with Gasteiger partial charge in [-0.25, -0.2) is 9.78 Å². The predicted octanol–water partition coefficient (Wildman–Crippen LogP) is 7.42. The van der Waals surface area contributed by atoms with Gasteiger partial charge in [0.1, 0.15) is 29.4 Å². The quantitative estimate of drug-likeness (QED) is 0.243. The average Bonchev–Trinajstić information content (AvgIpc) is 3.02. The van der Waals surface area contributed by atoms with Crippen LogP contribution < -0.4 is 9.64 Å². The molecule has 2 aromatic carbocycles. The van der Waals surface area contributed by atoms with Crippen LogP contribution in [0.5, 0.6) is 5.75 Å². The van der Waals surface area contributed by atoms with E-state index in [0.717, 1.165) is 45.9 Å². The number of carbonyl (C=O) groups is 2. The van der Waals surface area contributed by atoms with E-state index in [-0.39, 0.29) is 24.1 Å². The van der Waals surface area contributed by atoms with E-state index in [1.54, 1.807) is 12.0 Å². The van der Waals surface area contributed by atoms with E-state index in [2.05, 4.69) is 43.0 Å². The molecule has 0 radical (unpaired) electrons. The molecule has 1 aromatic heterocycles. The van der Waals surface area contributed by atoms with Gasteiger partial charge >= 0.3 is 12.1 Å². The van der Waals surface area contributed by atoms with Crippen molar-refractivity contribution in [2.24, 2.45) is 5.92 Å². The molecular weight excluding hydrogens is 606 g/mol. The monoisotopic (exact) mass is 657 g/mol. The van der Waals surface area contributed by atoms with E-state index < -0.39 is 11.2 Å². The van der Waals surface area contributed by atoms with Crippen LogP contribution in [-0.4, -0.2) is 66.0 Å². The highest BCUT2D eigenvalue weighted by Crippen LogP contribution is 2.34. The minimum Gasteiger partial charge on any atom is -0.488 e. The van der Waals surface area contributed by atoms with Gasteiger partial charge in [-0.15, -0.1) is 0 Å². The Labute approximate surface area is 285 Å². The fourth-order valence-electron chi connectivity index (χ4n) is 6.40. The molecule has 0 N–H and O–H groups in total. The summed E-state index contributed by atoms with van der Waals surface area (Å²) in [6.07, 6.45) is 0.831. The average molecular weight is 658 g/mol. The second-order valence-electron chi connectivity index (χ2n) is 15.0. The third kappa shape index (κ3) is 8.67. The number of hydrogen-bond donors (Lipinski definition) is 0. The van der Waals surface area contributed by atoms with Gasteiger partial charge in [0.05, 0.1) is 17.7 Å². The highest BCUT2D eigenvalue weighted by Gasteiger charge is 2.37. The number of aromatic nitrogens is 1. The molecule has 0 aliphatic carbocycles. The van der Waals surface area contributed by atoms with Gasteiger partial charge in [-0.05, 0) is 115 Å². The maximum Gasteiger partial charge on any atom is 0.410 e. The number of nitrogens with zero attached hydrogens (tertiary/aromatic N) is 3. The zero-order chi connectivity index (χ0) is 34.8. The van der Waals surface area contributed by atoms with Gasteiger partial charge in [0, 0.05) is 38.9 Å². The molecule has 2 atom stereocenters. The van der Waals surface area contributed by atoms with Gasteiger partial charge in [-0.3, -0.25) is 4.79 Å². The van der Waals surface area contributed by atoms with Gasteiger partial charge < -0.3 is 28.7 Å². The minimum atomic E-state index is -0.542. The summed E-state index contributed by atoms with van der Waals surface area (Å²) in [7, 11) is 1.65. The van der Waals surface area contributed by atoms with Crippen LogP contribution in [0, 0.1) is 19.8 Å². The van der Waals surface area contributed by atoms with Crippen molar-refractivity contribution in [3.63, 3.8) is 0 Å². The number of benzene rings is 2. The Balaban J connectivity index is 1.30. The van der Waals surface area contributed by atoms with E-state index in [0.29, 0.717) is 39.2 Å². The molecular formula is C39H51N3O6. The lowest BCUT2D eigenvalue weighted by atomic mass is 9.93. The molecule has 0 spiro atoms. The summed E-state index contributed by atoms with van der Waals surface area (Å²) in [5.41, 5.74) is 6.44. The third-order valence-corrected chi connectivity index (χ3v) is 8.71. The molecule has 1 amide bonds. The first kappa shape index (κ1) is 35.2. The van der Waals surface area contributed by atoms with Crippen LogP contribution in [0.1, 0.15) is 75.8 Å². The summed E-state index contributed by atoms with van der Waals surface area (Å²) in [5, 5.41) is 0. The van der Waals surface area contributed by atoms with Gasteiger partial charge in [0.25, 0.3) is 0 Å². The van der Waals surface area contributed by atoms with Crippen molar-refractivity contribution in [1.82, 2.24) is 9.88 Å². The molecule has 258 valence electrons. The number of pyridine rings is 1. The van der Waals surface area contributed by atoms with Gasteiger partial charge in [0.2, 0.25) is 0 Å². The van der Waals surface area contributed by atoms with E-state index in [4.69, 9.17) is 23.9 Å². The number of rotatable bonds is 7. The summed E-state index contributed by atoms with van der Waals surface area (Å²) >= 11 is 0. The summed E-state index contributed by atoms with van der Waals surface area (Å²) in [6.45, 7) is 18.3. The molecule has 0 unspecified atom stereocenters. The van der Waals surface area contributed by atoms with Crippen LogP contribution in [0.15, 0.2) is 48.5 Å². The van der Waals surface area contributed by atoms with Crippen molar-refractivity contribution in [2.75, 3.05) is 31.6 Å². The fourth-order valence-corrected chi connectivity index (χ4v) is 6.40. The van der Waals surface area contributed by atoms with Crippen molar-refractivity contribution in [3.8, 4) is 17.0 Å². The van der Waals surface area contributed by atoms with Crippen molar-refractivity contribution < 1.29 is 28.5 Å². The van der Waals surface area contributed by atoms with E-state index in [1.807, 2.05) is 65.8 Å². The Hall–Kier alpha value is -4.11. The second kappa shape index (κ2) is 14.2. The Morgan fingerprint density at radius 3 is 2.40 bits per heavy atom. The third-order valence-electron chi connectivity index (χ3n) is 8.71. The zero-order valence-corrected chi connectivity index (χ0v) is 30.0. The molecule has 1 fully saturated rings. The maximum absolute atomic E-state index is 12.9. The number of hydrogen-bond acceptors (Lipinski definition) is 8. The van der Waals surface area contributed by atoms with E-state index in [1.165, 1.54) is 11.1 Å². The standard InChI is InChI=1S/C39H51N3O6/c1-25-13-14-33(46-24-27-20-26(2)31-22-42(17-15-28(31)21-27)37(44)48-39(6,7)8)30(19-25)32-11-10-12-35(40-32)41-18-16-29(34(23-41)45-9)36(43)47-38(3,4)5/h10-14,19-21,29,34H,15-18,22-24H2,1-9H3/t29-,34+/m1/s1. The number of aryl methyl sites for hydroxylation is 2. The lowest BCUT2D eigenvalue weighted by Gasteiger charge is -2.38. The lowest BCUT2D eigenvalue weighted by Crippen LogP contribution is -2.49. The topological polar surface area (TPSA) is 90.4 Å². The van der Waals surface area contributed by atoms with E-state index >= 15 is 0 Å².